The summed E-state index contributed by atoms with van der Waals surface area (Å²) in [4.78, 5) is 30.5. The minimum Gasteiger partial charge on any atom is -0.494 e. The van der Waals surface area contributed by atoms with Gasteiger partial charge in [0.2, 0.25) is 0 Å². The van der Waals surface area contributed by atoms with Gasteiger partial charge < -0.3 is 14.8 Å². The lowest BCUT2D eigenvalue weighted by Gasteiger charge is -2.31. The Morgan fingerprint density at radius 2 is 2.06 bits per heavy atom. The van der Waals surface area contributed by atoms with E-state index in [1.54, 1.807) is 19.2 Å². The number of carbonyl (C=O) groups excluding carboxylic acids is 2. The minimum atomic E-state index is -0.601. The van der Waals surface area contributed by atoms with Crippen molar-refractivity contribution in [3.8, 4) is 23.4 Å². The van der Waals surface area contributed by atoms with Crippen molar-refractivity contribution in [2.24, 2.45) is 0 Å². The summed E-state index contributed by atoms with van der Waals surface area (Å²) in [6.45, 7) is 5.63. The van der Waals surface area contributed by atoms with Crippen molar-refractivity contribution in [2.45, 2.75) is 32.8 Å². The van der Waals surface area contributed by atoms with Gasteiger partial charge in [-0.25, -0.2) is 4.98 Å². The summed E-state index contributed by atoms with van der Waals surface area (Å²) in [6.07, 6.45) is 1.58. The van der Waals surface area contributed by atoms with Crippen LogP contribution in [0.5, 0.6) is 11.5 Å². The molecule has 0 unspecified atom stereocenters. The number of para-hydroxylation sites is 1. The predicted octanol–water partition coefficient (Wildman–Crippen LogP) is 4.61. The standard InChI is InChI=1S/C27H23N5O4/c1-15-10-23(30-24-18(15)6-5-7-22(24)35-4)32-25(17(13-28)14-29-32)31-26(34)16-8-9-21-19(11-16)20(33)12-27(2,3)36-21/h5-11,14H,12H2,1-4H3,(H,31,34). The third-order valence-corrected chi connectivity index (χ3v) is 6.07. The van der Waals surface area contributed by atoms with Crippen LogP contribution in [-0.4, -0.2) is 39.2 Å². The number of hydrogen-bond donors (Lipinski definition) is 1. The van der Waals surface area contributed by atoms with E-state index < -0.39 is 11.5 Å². The van der Waals surface area contributed by atoms with E-state index in [4.69, 9.17) is 14.5 Å². The maximum Gasteiger partial charge on any atom is 0.256 e. The highest BCUT2D eigenvalue weighted by Crippen LogP contribution is 2.34. The number of benzene rings is 2. The van der Waals surface area contributed by atoms with Crippen LogP contribution < -0.4 is 14.8 Å². The number of anilines is 1. The van der Waals surface area contributed by atoms with Crippen molar-refractivity contribution in [3.05, 3.63) is 70.9 Å². The van der Waals surface area contributed by atoms with E-state index >= 15 is 0 Å². The summed E-state index contributed by atoms with van der Waals surface area (Å²) in [5.74, 6) is 1.04. The van der Waals surface area contributed by atoms with Gasteiger partial charge in [-0.15, -0.1) is 0 Å². The molecule has 1 aliphatic heterocycles. The van der Waals surface area contributed by atoms with E-state index in [1.165, 1.54) is 16.9 Å². The third kappa shape index (κ3) is 3.92. The SMILES string of the molecule is COc1cccc2c(C)cc(-n3ncc(C#N)c3NC(=O)c3ccc4c(c3)C(=O)CC(C)(C)O4)nc12. The molecular formula is C27H23N5O4. The average molecular weight is 482 g/mol. The quantitative estimate of drug-likeness (QED) is 0.452. The van der Waals surface area contributed by atoms with Crippen molar-refractivity contribution in [3.63, 3.8) is 0 Å². The average Bonchev–Trinajstić information content (AvgIpc) is 3.25. The van der Waals surface area contributed by atoms with Crippen molar-refractivity contribution < 1.29 is 19.1 Å². The van der Waals surface area contributed by atoms with Crippen LogP contribution in [0.1, 0.15) is 52.1 Å². The largest absolute Gasteiger partial charge is 0.494 e. The van der Waals surface area contributed by atoms with Crippen LogP contribution in [0.3, 0.4) is 0 Å². The van der Waals surface area contributed by atoms with Gasteiger partial charge in [0.05, 0.1) is 25.3 Å². The number of aryl methyl sites for hydroxylation is 1. The molecule has 36 heavy (non-hydrogen) atoms. The second-order valence-electron chi connectivity index (χ2n) is 9.21. The molecule has 180 valence electrons. The molecule has 0 bridgehead atoms. The maximum atomic E-state index is 13.2. The molecule has 4 aromatic rings. The van der Waals surface area contributed by atoms with E-state index in [2.05, 4.69) is 16.5 Å². The second kappa shape index (κ2) is 8.50. The van der Waals surface area contributed by atoms with E-state index in [9.17, 15) is 14.9 Å². The van der Waals surface area contributed by atoms with Gasteiger partial charge in [0.25, 0.3) is 5.91 Å². The smallest absolute Gasteiger partial charge is 0.256 e. The molecule has 1 aliphatic rings. The van der Waals surface area contributed by atoms with Gasteiger partial charge in [0.1, 0.15) is 34.2 Å². The van der Waals surface area contributed by atoms with Crippen LogP contribution in [-0.2, 0) is 0 Å². The number of carbonyl (C=O) groups is 2. The Morgan fingerprint density at radius 3 is 2.81 bits per heavy atom. The fourth-order valence-electron chi connectivity index (χ4n) is 4.35. The number of ketones is 1. The molecule has 1 amide bonds. The molecule has 5 rings (SSSR count). The first-order valence-corrected chi connectivity index (χ1v) is 11.3. The lowest BCUT2D eigenvalue weighted by molar-refractivity contribution is 0.0620. The zero-order valence-corrected chi connectivity index (χ0v) is 20.2. The Labute approximate surface area is 207 Å². The Hall–Kier alpha value is -4.71. The van der Waals surface area contributed by atoms with Gasteiger partial charge >= 0.3 is 0 Å². The normalized spacial score (nSPS) is 14.0. The number of rotatable bonds is 4. The van der Waals surface area contributed by atoms with Crippen molar-refractivity contribution in [2.75, 3.05) is 12.4 Å². The summed E-state index contributed by atoms with van der Waals surface area (Å²) in [5, 5.41) is 17.7. The molecule has 2 aromatic heterocycles. The zero-order chi connectivity index (χ0) is 25.6. The first-order valence-electron chi connectivity index (χ1n) is 11.3. The molecule has 0 radical (unpaired) electrons. The summed E-state index contributed by atoms with van der Waals surface area (Å²) in [5.41, 5.74) is 1.74. The lowest BCUT2D eigenvalue weighted by atomic mass is 9.92. The molecule has 3 heterocycles. The van der Waals surface area contributed by atoms with Crippen LogP contribution in [0.25, 0.3) is 16.7 Å². The lowest BCUT2D eigenvalue weighted by Crippen LogP contribution is -2.36. The molecular weight excluding hydrogens is 458 g/mol. The Bertz CT molecular complexity index is 1600. The molecule has 0 atom stereocenters. The van der Waals surface area contributed by atoms with Gasteiger partial charge in [-0.2, -0.15) is 15.0 Å². The van der Waals surface area contributed by atoms with Crippen LogP contribution in [0.4, 0.5) is 5.82 Å². The number of methoxy groups -OCH3 is 1. The van der Waals surface area contributed by atoms with Crippen LogP contribution in [0.15, 0.2) is 48.7 Å². The van der Waals surface area contributed by atoms with Crippen LogP contribution in [0, 0.1) is 18.3 Å². The number of hydrogen-bond acceptors (Lipinski definition) is 7. The molecule has 2 aromatic carbocycles. The molecule has 9 nitrogen and oxygen atoms in total. The molecule has 1 N–H and O–H groups in total. The Balaban J connectivity index is 1.54. The van der Waals surface area contributed by atoms with E-state index in [1.807, 2.05) is 45.0 Å². The highest BCUT2D eigenvalue weighted by atomic mass is 16.5. The number of amides is 1. The van der Waals surface area contributed by atoms with Gasteiger partial charge in [-0.1, -0.05) is 12.1 Å². The fraction of sp³-hybridized carbons (Fsp3) is 0.222. The third-order valence-electron chi connectivity index (χ3n) is 6.07. The van der Waals surface area contributed by atoms with E-state index in [0.29, 0.717) is 28.4 Å². The molecule has 0 aliphatic carbocycles. The monoisotopic (exact) mass is 481 g/mol. The van der Waals surface area contributed by atoms with E-state index in [0.717, 1.165) is 10.9 Å². The zero-order valence-electron chi connectivity index (χ0n) is 20.2. The molecule has 0 spiro atoms. The van der Waals surface area contributed by atoms with Crippen LogP contribution >= 0.6 is 0 Å². The summed E-state index contributed by atoms with van der Waals surface area (Å²) in [6, 6.07) is 14.2. The van der Waals surface area contributed by atoms with Crippen molar-refractivity contribution in [1.29, 1.82) is 5.26 Å². The number of pyridine rings is 1. The summed E-state index contributed by atoms with van der Waals surface area (Å²) >= 11 is 0. The Morgan fingerprint density at radius 1 is 1.25 bits per heavy atom. The minimum absolute atomic E-state index is 0.0940. The second-order valence-corrected chi connectivity index (χ2v) is 9.21. The highest BCUT2D eigenvalue weighted by Gasteiger charge is 2.33. The van der Waals surface area contributed by atoms with Crippen molar-refractivity contribution >= 4 is 28.4 Å². The van der Waals surface area contributed by atoms with Gasteiger partial charge in [0.15, 0.2) is 17.4 Å². The Kier molecular flexibility index (Phi) is 5.44. The number of nitriles is 1. The molecule has 0 saturated heterocycles. The van der Waals surface area contributed by atoms with Gasteiger partial charge in [0, 0.05) is 10.9 Å². The van der Waals surface area contributed by atoms with Gasteiger partial charge in [-0.05, 0) is 56.7 Å². The molecule has 9 heteroatoms. The molecule has 0 fully saturated rings. The number of nitrogens with zero attached hydrogens (tertiary/aromatic N) is 4. The van der Waals surface area contributed by atoms with Gasteiger partial charge in [-0.3, -0.25) is 9.59 Å². The summed E-state index contributed by atoms with van der Waals surface area (Å²) < 4.78 is 12.8. The number of nitrogens with one attached hydrogen (secondary N) is 1. The van der Waals surface area contributed by atoms with Crippen LogP contribution in [0.2, 0.25) is 0 Å². The molecule has 0 saturated carbocycles. The van der Waals surface area contributed by atoms with Crippen molar-refractivity contribution in [1.82, 2.24) is 14.8 Å². The number of ether oxygens (including phenoxy) is 2. The maximum absolute atomic E-state index is 13.2. The number of fused-ring (bicyclic) bond motifs is 2. The fourth-order valence-corrected chi connectivity index (χ4v) is 4.35. The first kappa shape index (κ1) is 23.1. The summed E-state index contributed by atoms with van der Waals surface area (Å²) in [7, 11) is 1.57. The first-order chi connectivity index (χ1) is 17.2. The predicted molar refractivity (Wildman–Crippen MR) is 133 cm³/mol. The van der Waals surface area contributed by atoms with E-state index in [-0.39, 0.29) is 29.1 Å². The number of aromatic nitrogens is 3. The number of Topliss-reactive ketones (excluding diaryl/α,β-unsaturated/α-hetero) is 1. The highest BCUT2D eigenvalue weighted by molar-refractivity contribution is 6.08. The topological polar surface area (TPSA) is 119 Å².